The summed E-state index contributed by atoms with van der Waals surface area (Å²) in [4.78, 5) is 30.0. The van der Waals surface area contributed by atoms with Crippen LogP contribution in [0.4, 0.5) is 0 Å². The van der Waals surface area contributed by atoms with E-state index in [1.54, 1.807) is 19.1 Å². The predicted octanol–water partition coefficient (Wildman–Crippen LogP) is -1.79. The summed E-state index contributed by atoms with van der Waals surface area (Å²) in [6.07, 6.45) is 0. The van der Waals surface area contributed by atoms with Crippen LogP contribution in [0.25, 0.3) is 0 Å². The molecule has 128 valence electrons. The van der Waals surface area contributed by atoms with Crippen LogP contribution < -0.4 is 5.73 Å². The average molecular weight is 316 g/mol. The van der Waals surface area contributed by atoms with Gasteiger partial charge in [-0.15, -0.1) is 0 Å². The van der Waals surface area contributed by atoms with Crippen molar-refractivity contribution in [1.82, 2.24) is 14.7 Å². The molecule has 0 atom stereocenters. The number of nitrogens with two attached hydrogens (primary N) is 1. The Labute approximate surface area is 132 Å². The van der Waals surface area contributed by atoms with Crippen LogP contribution in [-0.4, -0.2) is 106 Å². The van der Waals surface area contributed by atoms with Crippen LogP contribution in [0.3, 0.4) is 0 Å². The molecule has 1 aliphatic heterocycles. The predicted molar refractivity (Wildman–Crippen MR) is 82.4 cm³/mol. The molecule has 2 N–H and O–H groups in total. The van der Waals surface area contributed by atoms with E-state index in [0.717, 1.165) is 19.6 Å². The van der Waals surface area contributed by atoms with Crippen LogP contribution >= 0.6 is 0 Å². The van der Waals surface area contributed by atoms with Crippen molar-refractivity contribution in [3.63, 3.8) is 0 Å². The van der Waals surface area contributed by atoms with Gasteiger partial charge in [-0.05, 0) is 0 Å². The van der Waals surface area contributed by atoms with Gasteiger partial charge >= 0.3 is 11.8 Å². The summed E-state index contributed by atoms with van der Waals surface area (Å²) in [5.74, 6) is -0.930. The van der Waals surface area contributed by atoms with Gasteiger partial charge in [0.05, 0.1) is 13.2 Å². The highest BCUT2D eigenvalue weighted by atomic mass is 16.5. The zero-order valence-electron chi connectivity index (χ0n) is 13.6. The Morgan fingerprint density at radius 3 is 2.05 bits per heavy atom. The molecule has 0 saturated carbocycles. The van der Waals surface area contributed by atoms with Crippen molar-refractivity contribution in [2.24, 2.45) is 5.73 Å². The van der Waals surface area contributed by atoms with E-state index >= 15 is 0 Å². The third-order valence-electron chi connectivity index (χ3n) is 3.71. The molecule has 0 aromatic rings. The summed E-state index contributed by atoms with van der Waals surface area (Å²) in [6, 6.07) is 0. The summed E-state index contributed by atoms with van der Waals surface area (Å²) < 4.78 is 9.98. The van der Waals surface area contributed by atoms with Crippen molar-refractivity contribution < 1.29 is 19.1 Å². The molecule has 0 spiro atoms. The van der Waals surface area contributed by atoms with Gasteiger partial charge in [-0.25, -0.2) is 0 Å². The first-order valence-corrected chi connectivity index (χ1v) is 7.62. The number of carbonyl (C=O) groups excluding carboxylic acids is 2. The van der Waals surface area contributed by atoms with E-state index in [1.165, 1.54) is 4.90 Å². The molecule has 1 fully saturated rings. The highest BCUT2D eigenvalue weighted by Crippen LogP contribution is 2.04. The molecule has 0 bridgehead atoms. The number of methoxy groups -OCH3 is 2. The highest BCUT2D eigenvalue weighted by Gasteiger charge is 2.29. The Bertz CT molecular complexity index is 338. The lowest BCUT2D eigenvalue weighted by atomic mass is 10.3. The van der Waals surface area contributed by atoms with Crippen LogP contribution in [0.5, 0.6) is 0 Å². The van der Waals surface area contributed by atoms with Gasteiger partial charge < -0.3 is 25.0 Å². The van der Waals surface area contributed by atoms with Gasteiger partial charge in [0, 0.05) is 66.6 Å². The van der Waals surface area contributed by atoms with Crippen LogP contribution in [0, 0.1) is 0 Å². The summed E-state index contributed by atoms with van der Waals surface area (Å²) >= 11 is 0. The Kier molecular flexibility index (Phi) is 8.98. The average Bonchev–Trinajstić information content (AvgIpc) is 2.55. The lowest BCUT2D eigenvalue weighted by Crippen LogP contribution is -2.54. The molecular weight excluding hydrogens is 288 g/mol. The van der Waals surface area contributed by atoms with Crippen molar-refractivity contribution in [3.8, 4) is 0 Å². The summed E-state index contributed by atoms with van der Waals surface area (Å²) in [5, 5.41) is 0. The number of hydrogen-bond acceptors (Lipinski definition) is 6. The zero-order valence-corrected chi connectivity index (χ0v) is 13.6. The van der Waals surface area contributed by atoms with Gasteiger partial charge in [-0.3, -0.25) is 14.5 Å². The fourth-order valence-electron chi connectivity index (χ4n) is 2.35. The van der Waals surface area contributed by atoms with Gasteiger partial charge in [0.2, 0.25) is 0 Å². The molecule has 1 rings (SSSR count). The van der Waals surface area contributed by atoms with Gasteiger partial charge in [0.25, 0.3) is 0 Å². The Morgan fingerprint density at radius 1 is 1.05 bits per heavy atom. The summed E-state index contributed by atoms with van der Waals surface area (Å²) in [5.41, 5.74) is 5.53. The first-order valence-electron chi connectivity index (χ1n) is 7.62. The van der Waals surface area contributed by atoms with E-state index < -0.39 is 11.8 Å². The molecule has 0 aliphatic carbocycles. The highest BCUT2D eigenvalue weighted by molar-refractivity contribution is 6.34. The standard InChI is InChI=1S/C14H28N4O4/c1-21-11-9-18(10-12-22-2)14(20)13(19)17-7-5-16(4-3-15)6-8-17/h3-12,15H2,1-2H3. The fraction of sp³-hybridized carbons (Fsp3) is 0.857. The smallest absolute Gasteiger partial charge is 0.312 e. The second kappa shape index (κ2) is 10.5. The number of carbonyl (C=O) groups is 2. The molecule has 0 unspecified atom stereocenters. The maximum atomic E-state index is 12.4. The lowest BCUT2D eigenvalue weighted by Gasteiger charge is -2.35. The Hall–Kier alpha value is -1.22. The van der Waals surface area contributed by atoms with E-state index in [9.17, 15) is 9.59 Å². The summed E-state index contributed by atoms with van der Waals surface area (Å²) in [6.45, 7) is 5.63. The van der Waals surface area contributed by atoms with E-state index in [1.807, 2.05) is 0 Å². The normalized spacial score (nSPS) is 15.9. The molecule has 1 aliphatic rings. The quantitative estimate of drug-likeness (QED) is 0.532. The van der Waals surface area contributed by atoms with Crippen molar-refractivity contribution in [2.75, 3.05) is 79.8 Å². The molecule has 2 amide bonds. The number of nitrogens with zero attached hydrogens (tertiary/aromatic N) is 3. The molecule has 0 radical (unpaired) electrons. The molecule has 8 nitrogen and oxygen atoms in total. The number of ether oxygens (including phenoxy) is 2. The largest absolute Gasteiger partial charge is 0.383 e. The Balaban J connectivity index is 2.52. The van der Waals surface area contributed by atoms with Crippen molar-refractivity contribution in [1.29, 1.82) is 0 Å². The monoisotopic (exact) mass is 316 g/mol. The number of hydrogen-bond donors (Lipinski definition) is 1. The molecule has 1 saturated heterocycles. The van der Waals surface area contributed by atoms with Gasteiger partial charge in [-0.2, -0.15) is 0 Å². The van der Waals surface area contributed by atoms with Crippen molar-refractivity contribution in [3.05, 3.63) is 0 Å². The topological polar surface area (TPSA) is 88.3 Å². The van der Waals surface area contributed by atoms with Crippen LogP contribution in [0.15, 0.2) is 0 Å². The maximum absolute atomic E-state index is 12.4. The lowest BCUT2D eigenvalue weighted by molar-refractivity contribution is -0.153. The van der Waals surface area contributed by atoms with E-state index in [0.29, 0.717) is 45.9 Å². The van der Waals surface area contributed by atoms with Gasteiger partial charge in [0.1, 0.15) is 0 Å². The first kappa shape index (κ1) is 18.8. The molecular formula is C14H28N4O4. The molecule has 0 aromatic heterocycles. The molecule has 1 heterocycles. The van der Waals surface area contributed by atoms with Crippen LogP contribution in [0.2, 0.25) is 0 Å². The third kappa shape index (κ3) is 5.88. The fourth-order valence-corrected chi connectivity index (χ4v) is 2.35. The number of rotatable bonds is 8. The number of amides is 2. The Morgan fingerprint density at radius 2 is 1.59 bits per heavy atom. The van der Waals surface area contributed by atoms with Crippen LogP contribution in [0.1, 0.15) is 0 Å². The van der Waals surface area contributed by atoms with Crippen LogP contribution in [-0.2, 0) is 19.1 Å². The van der Waals surface area contributed by atoms with E-state index in [2.05, 4.69) is 4.90 Å². The molecule has 22 heavy (non-hydrogen) atoms. The summed E-state index contributed by atoms with van der Waals surface area (Å²) in [7, 11) is 3.13. The number of piperazine rings is 1. The van der Waals surface area contributed by atoms with E-state index in [-0.39, 0.29) is 0 Å². The minimum absolute atomic E-state index is 0.386. The molecule has 0 aromatic carbocycles. The maximum Gasteiger partial charge on any atom is 0.312 e. The van der Waals surface area contributed by atoms with E-state index in [4.69, 9.17) is 15.2 Å². The minimum atomic E-state index is -0.485. The SMILES string of the molecule is COCCN(CCOC)C(=O)C(=O)N1CCN(CCN)CC1. The van der Waals surface area contributed by atoms with Crippen molar-refractivity contribution in [2.45, 2.75) is 0 Å². The second-order valence-electron chi connectivity index (χ2n) is 5.20. The third-order valence-corrected chi connectivity index (χ3v) is 3.71. The van der Waals surface area contributed by atoms with Gasteiger partial charge in [-0.1, -0.05) is 0 Å². The van der Waals surface area contributed by atoms with Gasteiger partial charge in [0.15, 0.2) is 0 Å². The second-order valence-corrected chi connectivity index (χ2v) is 5.20. The van der Waals surface area contributed by atoms with Crippen molar-refractivity contribution >= 4 is 11.8 Å². The first-order chi connectivity index (χ1) is 10.6. The minimum Gasteiger partial charge on any atom is -0.383 e. The zero-order chi connectivity index (χ0) is 16.4. The molecule has 8 heteroatoms.